The lowest BCUT2D eigenvalue weighted by atomic mass is 10.0. The Morgan fingerprint density at radius 3 is 2.23 bits per heavy atom. The summed E-state index contributed by atoms with van der Waals surface area (Å²) >= 11 is 18.7. The van der Waals surface area contributed by atoms with Crippen LogP contribution in [0.3, 0.4) is 0 Å². The number of amides is 1. The van der Waals surface area contributed by atoms with E-state index in [1.807, 2.05) is 18.2 Å². The molecule has 5 atom stereocenters. The molecule has 3 saturated carbocycles. The number of hydrogen-bond acceptors (Lipinski definition) is 1. The zero-order chi connectivity index (χ0) is 15.5. The van der Waals surface area contributed by atoms with Gasteiger partial charge in [-0.1, -0.05) is 23.7 Å². The van der Waals surface area contributed by atoms with Gasteiger partial charge in [-0.25, -0.2) is 0 Å². The van der Waals surface area contributed by atoms with Crippen LogP contribution >= 0.6 is 34.8 Å². The van der Waals surface area contributed by atoms with Gasteiger partial charge in [-0.3, -0.25) is 4.79 Å². The third kappa shape index (κ3) is 2.44. The van der Waals surface area contributed by atoms with Crippen molar-refractivity contribution in [2.75, 3.05) is 5.32 Å². The van der Waals surface area contributed by atoms with E-state index in [0.29, 0.717) is 34.4 Å². The van der Waals surface area contributed by atoms with Crippen LogP contribution in [0, 0.1) is 29.6 Å². The van der Waals surface area contributed by atoms with E-state index in [1.54, 1.807) is 6.07 Å². The van der Waals surface area contributed by atoms with Gasteiger partial charge in [0.1, 0.15) is 4.33 Å². The monoisotopic (exact) mass is 357 g/mol. The largest absolute Gasteiger partial charge is 0.325 e. The molecule has 118 valence electrons. The summed E-state index contributed by atoms with van der Waals surface area (Å²) in [6, 6.07) is 7.38. The molecular weight excluding hydrogens is 341 g/mol. The molecule has 0 saturated heterocycles. The fourth-order valence-corrected chi connectivity index (χ4v) is 5.49. The van der Waals surface area contributed by atoms with E-state index in [-0.39, 0.29) is 11.8 Å². The van der Waals surface area contributed by atoms with Crippen molar-refractivity contribution in [2.24, 2.45) is 29.6 Å². The molecule has 1 unspecified atom stereocenters. The Morgan fingerprint density at radius 2 is 1.64 bits per heavy atom. The second kappa shape index (κ2) is 5.29. The van der Waals surface area contributed by atoms with E-state index in [9.17, 15) is 4.79 Å². The van der Waals surface area contributed by atoms with Gasteiger partial charge < -0.3 is 5.32 Å². The van der Waals surface area contributed by atoms with Crippen LogP contribution in [-0.4, -0.2) is 10.2 Å². The van der Waals surface area contributed by atoms with Crippen LogP contribution in [0.15, 0.2) is 24.3 Å². The van der Waals surface area contributed by atoms with Gasteiger partial charge in [0.15, 0.2) is 0 Å². The summed E-state index contributed by atoms with van der Waals surface area (Å²) in [7, 11) is 0. The number of para-hydroxylation sites is 1. The van der Waals surface area contributed by atoms with Crippen molar-refractivity contribution in [3.63, 3.8) is 0 Å². The summed E-state index contributed by atoms with van der Waals surface area (Å²) in [6.07, 6.45) is 4.23. The number of rotatable bonds is 2. The maximum Gasteiger partial charge on any atom is 0.228 e. The molecule has 1 aromatic carbocycles. The third-order valence-electron chi connectivity index (χ3n) is 5.75. The van der Waals surface area contributed by atoms with Crippen LogP contribution in [0.1, 0.15) is 25.7 Å². The minimum absolute atomic E-state index is 0.113. The zero-order valence-electron chi connectivity index (χ0n) is 12.1. The van der Waals surface area contributed by atoms with Gasteiger partial charge in [0, 0.05) is 5.92 Å². The van der Waals surface area contributed by atoms with Gasteiger partial charge >= 0.3 is 0 Å². The van der Waals surface area contributed by atoms with Crippen molar-refractivity contribution in [1.29, 1.82) is 0 Å². The van der Waals surface area contributed by atoms with Crippen LogP contribution in [0.5, 0.6) is 0 Å². The first-order valence-electron chi connectivity index (χ1n) is 7.93. The Kier molecular flexibility index (Phi) is 3.63. The number of carbonyl (C=O) groups is 1. The highest BCUT2D eigenvalue weighted by atomic mass is 35.5. The molecule has 0 aliphatic heterocycles. The second-order valence-corrected chi connectivity index (χ2v) is 8.72. The lowest BCUT2D eigenvalue weighted by molar-refractivity contribution is -0.117. The molecule has 3 fully saturated rings. The number of anilines is 1. The molecule has 3 aliphatic carbocycles. The fourth-order valence-electron chi connectivity index (χ4n) is 4.39. The number of halogens is 3. The summed E-state index contributed by atoms with van der Waals surface area (Å²) in [6.45, 7) is 0. The molecule has 1 N–H and O–H groups in total. The average molecular weight is 359 g/mol. The quantitative estimate of drug-likeness (QED) is 0.729. The maximum absolute atomic E-state index is 12.5. The standard InChI is InChI=1S/C17H18Cl3NO/c18-13-3-1-2-4-14(13)21-16(22)15-9-5-7-11-12(17(11,19)20)8-6-10(9)15/h1-4,9-12,15H,5-8H2,(H,21,22)/t9-,10+,11-,12-,15?/m0/s1. The van der Waals surface area contributed by atoms with Crippen molar-refractivity contribution in [2.45, 2.75) is 30.0 Å². The van der Waals surface area contributed by atoms with Crippen molar-refractivity contribution >= 4 is 46.4 Å². The average Bonchev–Trinajstić information content (AvgIpc) is 3.26. The molecule has 0 bridgehead atoms. The molecule has 0 spiro atoms. The smallest absolute Gasteiger partial charge is 0.228 e. The van der Waals surface area contributed by atoms with E-state index in [0.717, 1.165) is 25.7 Å². The number of hydrogen-bond donors (Lipinski definition) is 1. The minimum Gasteiger partial charge on any atom is -0.325 e. The highest BCUT2D eigenvalue weighted by Crippen LogP contribution is 2.67. The molecule has 0 radical (unpaired) electrons. The Balaban J connectivity index is 1.40. The molecule has 0 heterocycles. The lowest BCUT2D eigenvalue weighted by Gasteiger charge is -2.07. The number of carbonyl (C=O) groups excluding carboxylic acids is 1. The number of nitrogens with one attached hydrogen (secondary N) is 1. The van der Waals surface area contributed by atoms with Crippen molar-refractivity contribution in [1.82, 2.24) is 0 Å². The molecule has 1 aromatic rings. The molecule has 4 rings (SSSR count). The number of alkyl halides is 2. The first-order chi connectivity index (χ1) is 10.5. The van der Waals surface area contributed by atoms with Gasteiger partial charge in [0.05, 0.1) is 10.7 Å². The normalized spacial score (nSPS) is 38.0. The Hall–Kier alpha value is -0.440. The van der Waals surface area contributed by atoms with Crippen molar-refractivity contribution < 1.29 is 4.79 Å². The van der Waals surface area contributed by atoms with Gasteiger partial charge in [0.25, 0.3) is 0 Å². The minimum atomic E-state index is -0.494. The molecule has 22 heavy (non-hydrogen) atoms. The zero-order valence-corrected chi connectivity index (χ0v) is 14.3. The summed E-state index contributed by atoms with van der Waals surface area (Å²) < 4.78 is -0.494. The molecule has 2 nitrogen and oxygen atoms in total. The van der Waals surface area contributed by atoms with Crippen LogP contribution in [0.4, 0.5) is 5.69 Å². The van der Waals surface area contributed by atoms with Gasteiger partial charge in [-0.05, 0) is 61.5 Å². The molecular formula is C17H18Cl3NO. The summed E-state index contributed by atoms with van der Waals surface area (Å²) in [5.41, 5.74) is 0.705. The highest BCUT2D eigenvalue weighted by Gasteiger charge is 2.65. The SMILES string of the molecule is O=C(Nc1ccccc1Cl)C1[C@H]2CC[C@H]3[C@H](CC[C@@H]12)C3(Cl)Cl. The maximum atomic E-state index is 12.5. The van der Waals surface area contributed by atoms with Crippen LogP contribution in [0.25, 0.3) is 0 Å². The van der Waals surface area contributed by atoms with Crippen LogP contribution in [0.2, 0.25) is 5.02 Å². The Bertz CT molecular complexity index is 596. The molecule has 3 aliphatic rings. The van der Waals surface area contributed by atoms with Crippen molar-refractivity contribution in [3.05, 3.63) is 29.3 Å². The summed E-state index contributed by atoms with van der Waals surface area (Å²) in [5, 5.41) is 3.57. The predicted octanol–water partition coefficient (Wildman–Crippen LogP) is 5.13. The van der Waals surface area contributed by atoms with Gasteiger partial charge in [-0.2, -0.15) is 0 Å². The molecule has 1 amide bonds. The summed E-state index contributed by atoms with van der Waals surface area (Å²) in [4.78, 5) is 12.5. The van der Waals surface area contributed by atoms with Crippen molar-refractivity contribution in [3.8, 4) is 0 Å². The highest BCUT2D eigenvalue weighted by molar-refractivity contribution is 6.51. The number of benzene rings is 1. The fraction of sp³-hybridized carbons (Fsp3) is 0.588. The van der Waals surface area contributed by atoms with Gasteiger partial charge in [-0.15, -0.1) is 23.2 Å². The first kappa shape index (κ1) is 15.1. The van der Waals surface area contributed by atoms with Crippen LogP contribution in [-0.2, 0) is 4.79 Å². The third-order valence-corrected chi connectivity index (χ3v) is 7.20. The molecule has 5 heteroatoms. The second-order valence-electron chi connectivity index (χ2n) is 6.86. The van der Waals surface area contributed by atoms with E-state index in [1.165, 1.54) is 0 Å². The predicted molar refractivity (Wildman–Crippen MR) is 90.4 cm³/mol. The topological polar surface area (TPSA) is 29.1 Å². The number of fused-ring (bicyclic) bond motifs is 2. The molecule has 0 aromatic heterocycles. The van der Waals surface area contributed by atoms with Gasteiger partial charge in [0.2, 0.25) is 5.91 Å². The Morgan fingerprint density at radius 1 is 1.05 bits per heavy atom. The summed E-state index contributed by atoms with van der Waals surface area (Å²) in [5.74, 6) is 2.10. The first-order valence-corrected chi connectivity index (χ1v) is 9.06. The van der Waals surface area contributed by atoms with E-state index >= 15 is 0 Å². The van der Waals surface area contributed by atoms with E-state index in [2.05, 4.69) is 5.32 Å². The Labute approximate surface area is 145 Å². The van der Waals surface area contributed by atoms with Crippen LogP contribution < -0.4 is 5.32 Å². The lowest BCUT2D eigenvalue weighted by Crippen LogP contribution is -2.16. The van der Waals surface area contributed by atoms with E-state index in [4.69, 9.17) is 34.8 Å². The van der Waals surface area contributed by atoms with E-state index < -0.39 is 4.33 Å².